The van der Waals surface area contributed by atoms with E-state index in [4.69, 9.17) is 0 Å². The lowest BCUT2D eigenvalue weighted by molar-refractivity contribution is -0.158. The summed E-state index contributed by atoms with van der Waals surface area (Å²) in [5.41, 5.74) is 0. The van der Waals surface area contributed by atoms with E-state index in [0.717, 1.165) is 0 Å². The molecule has 0 aliphatic rings. The van der Waals surface area contributed by atoms with E-state index in [1.54, 1.807) is 0 Å². The van der Waals surface area contributed by atoms with Gasteiger partial charge in [-0.3, -0.25) is 0 Å². The largest absolute Gasteiger partial charge is 0.409 e. The zero-order valence-corrected chi connectivity index (χ0v) is 11.0. The summed E-state index contributed by atoms with van der Waals surface area (Å²) < 4.78 is 152. The van der Waals surface area contributed by atoms with Crippen molar-refractivity contribution in [2.45, 2.75) is 37.6 Å². The highest BCUT2D eigenvalue weighted by molar-refractivity contribution is 4.93. The fourth-order valence-corrected chi connectivity index (χ4v) is 0.364. The number of alkyl halides is 14. The second kappa shape index (κ2) is 10.4. The third kappa shape index (κ3) is 42.8. The van der Waals surface area contributed by atoms with E-state index in [1.807, 2.05) is 0 Å². The first-order valence-electron chi connectivity index (χ1n) is 5.07. The van der Waals surface area contributed by atoms with Crippen molar-refractivity contribution in [3.8, 4) is 0 Å². The molecule has 0 aromatic rings. The van der Waals surface area contributed by atoms with Crippen LogP contribution in [-0.4, -0.2) is 31.1 Å². The van der Waals surface area contributed by atoms with Crippen LogP contribution in [0.2, 0.25) is 0 Å². The molecule has 0 N–H and O–H groups in total. The summed E-state index contributed by atoms with van der Waals surface area (Å²) in [7, 11) is 0. The average Bonchev–Trinajstić information content (AvgIpc) is 2.22. The maximum absolute atomic E-state index is 11.0. The smallest absolute Gasteiger partial charge is 0.210 e. The van der Waals surface area contributed by atoms with Crippen LogP contribution < -0.4 is 0 Å². The van der Waals surface area contributed by atoms with Gasteiger partial charge in [0.25, 0.3) is 0 Å². The van der Waals surface area contributed by atoms with Crippen LogP contribution >= 0.6 is 0 Å². The molecular formula is C10H8F14. The molecule has 0 radical (unpaired) electrons. The molecule has 146 valence electrons. The lowest BCUT2D eigenvalue weighted by atomic mass is 10.4. The normalized spacial score (nSPS) is 13.1. The fraction of sp³-hybridized carbons (Fsp3) is 0.600. The average molecular weight is 394 g/mol. The number of allylic oxidation sites excluding steroid dienone is 3. The predicted octanol–water partition coefficient (Wildman–Crippen LogP) is 6.61. The predicted molar refractivity (Wildman–Crippen MR) is 54.2 cm³/mol. The first-order chi connectivity index (χ1) is 10.2. The van der Waals surface area contributed by atoms with Crippen molar-refractivity contribution in [1.29, 1.82) is 0 Å². The summed E-state index contributed by atoms with van der Waals surface area (Å²) in [6.07, 6.45) is -25.8. The molecule has 0 bridgehead atoms. The number of hydrogen-bond donors (Lipinski definition) is 0. The Morgan fingerprint density at radius 3 is 0.917 bits per heavy atom. The molecule has 0 unspecified atom stereocenters. The van der Waals surface area contributed by atoms with E-state index < -0.39 is 49.7 Å². The minimum atomic E-state index is -4.89. The van der Waals surface area contributed by atoms with E-state index in [1.165, 1.54) is 0 Å². The van der Waals surface area contributed by atoms with Gasteiger partial charge in [-0.2, -0.15) is 52.7 Å². The Labute approximate surface area is 125 Å². The lowest BCUT2D eigenvalue weighted by Crippen LogP contribution is -2.12. The van der Waals surface area contributed by atoms with E-state index in [9.17, 15) is 61.5 Å². The molecule has 0 spiro atoms. The highest BCUT2D eigenvalue weighted by atomic mass is 19.4. The van der Waals surface area contributed by atoms with Crippen LogP contribution in [0, 0.1) is 0 Å². The van der Waals surface area contributed by atoms with Gasteiger partial charge in [-0.15, -0.1) is 0 Å². The molecule has 0 aromatic carbocycles. The summed E-state index contributed by atoms with van der Waals surface area (Å²) in [4.78, 5) is 0. The van der Waals surface area contributed by atoms with Gasteiger partial charge in [0.1, 0.15) is 6.42 Å². The van der Waals surface area contributed by atoms with Crippen molar-refractivity contribution in [3.05, 3.63) is 24.8 Å². The third-order valence-corrected chi connectivity index (χ3v) is 1.08. The van der Waals surface area contributed by atoms with Gasteiger partial charge in [0.15, 0.2) is 0 Å². The molecule has 0 amide bonds. The minimum Gasteiger partial charge on any atom is -0.210 e. The summed E-state index contributed by atoms with van der Waals surface area (Å²) in [6, 6.07) is 0. The first kappa shape index (κ1) is 27.4. The van der Waals surface area contributed by atoms with Gasteiger partial charge in [-0.05, 0) is 0 Å². The van der Waals surface area contributed by atoms with Crippen molar-refractivity contribution in [1.82, 2.24) is 0 Å². The van der Waals surface area contributed by atoms with Gasteiger partial charge in [0.05, 0.1) is 0 Å². The summed E-state index contributed by atoms with van der Waals surface area (Å²) in [5.74, 6) is 0. The van der Waals surface area contributed by atoms with Crippen LogP contribution in [0.1, 0.15) is 6.42 Å². The van der Waals surface area contributed by atoms with E-state index in [2.05, 4.69) is 6.58 Å². The topological polar surface area (TPSA) is 0 Å². The van der Waals surface area contributed by atoms with Crippen LogP contribution in [0.3, 0.4) is 0 Å². The van der Waals surface area contributed by atoms with E-state index in [0.29, 0.717) is 0 Å². The second-order valence-electron chi connectivity index (χ2n) is 3.37. The molecule has 14 heteroatoms. The number of rotatable bonds is 1. The minimum absolute atomic E-state index is 0.0625. The van der Waals surface area contributed by atoms with Crippen molar-refractivity contribution in [2.75, 3.05) is 0 Å². The molecule has 24 heavy (non-hydrogen) atoms. The van der Waals surface area contributed by atoms with Crippen LogP contribution in [0.25, 0.3) is 0 Å². The molecule has 0 heterocycles. The monoisotopic (exact) mass is 394 g/mol. The Bertz CT molecular complexity index is 334. The van der Waals surface area contributed by atoms with Gasteiger partial charge in [0.2, 0.25) is 6.43 Å². The highest BCUT2D eigenvalue weighted by Gasteiger charge is 2.31. The fourth-order valence-electron chi connectivity index (χ4n) is 0.364. The lowest BCUT2D eigenvalue weighted by Gasteiger charge is -2.02. The second-order valence-corrected chi connectivity index (χ2v) is 3.37. The standard InChI is InChI=1S/C4H2F6.C3H3F5.C3H3F3/c5-3(6,7)1-2-4(8,9)10;4-2(5)1-3(6,7)8;1-2-3(4,5)6/h1-2H;2H,1H2;2H,1H2/b2-1+;;. The number of hydrogen-bond acceptors (Lipinski definition) is 0. The Morgan fingerprint density at radius 1 is 0.625 bits per heavy atom. The van der Waals surface area contributed by atoms with Crippen molar-refractivity contribution < 1.29 is 61.5 Å². The Balaban J connectivity index is -0.000000285. The molecule has 0 rings (SSSR count). The Hall–Kier alpha value is -1.50. The molecule has 0 aliphatic heterocycles. The molecule has 0 saturated heterocycles. The molecular weight excluding hydrogens is 386 g/mol. The zero-order valence-electron chi connectivity index (χ0n) is 11.0. The Morgan fingerprint density at radius 2 is 0.875 bits per heavy atom. The van der Waals surface area contributed by atoms with Gasteiger partial charge < -0.3 is 0 Å². The molecule has 0 saturated carbocycles. The maximum atomic E-state index is 11.0. The highest BCUT2D eigenvalue weighted by Crippen LogP contribution is 2.23. The SMILES string of the molecule is C=CC(F)(F)F.FC(F)(F)/C=C/C(F)(F)F.FC(F)CC(F)(F)F. The van der Waals surface area contributed by atoms with Gasteiger partial charge in [0, 0.05) is 18.2 Å². The number of halogens is 14. The summed E-state index contributed by atoms with van der Waals surface area (Å²) in [5, 5.41) is 0. The van der Waals surface area contributed by atoms with Crippen molar-refractivity contribution in [3.63, 3.8) is 0 Å². The molecule has 0 atom stereocenters. The van der Waals surface area contributed by atoms with Crippen molar-refractivity contribution in [2.24, 2.45) is 0 Å². The molecule has 0 fully saturated rings. The third-order valence-electron chi connectivity index (χ3n) is 1.08. The van der Waals surface area contributed by atoms with Crippen LogP contribution in [-0.2, 0) is 0 Å². The van der Waals surface area contributed by atoms with Crippen molar-refractivity contribution >= 4 is 0 Å². The van der Waals surface area contributed by atoms with Crippen LogP contribution in [0.5, 0.6) is 0 Å². The van der Waals surface area contributed by atoms with E-state index >= 15 is 0 Å². The molecule has 0 aliphatic carbocycles. The van der Waals surface area contributed by atoms with Crippen LogP contribution in [0.15, 0.2) is 24.8 Å². The Kier molecular flexibility index (Phi) is 11.8. The zero-order chi connectivity index (χ0) is 20.4. The molecule has 0 aromatic heterocycles. The molecule has 0 nitrogen and oxygen atoms in total. The van der Waals surface area contributed by atoms with Gasteiger partial charge in [-0.1, -0.05) is 6.58 Å². The van der Waals surface area contributed by atoms with Gasteiger partial charge in [-0.25, -0.2) is 8.78 Å². The summed E-state index contributed by atoms with van der Waals surface area (Å²) >= 11 is 0. The first-order valence-corrected chi connectivity index (χ1v) is 5.07. The summed E-state index contributed by atoms with van der Waals surface area (Å²) in [6.45, 7) is 2.51. The van der Waals surface area contributed by atoms with Gasteiger partial charge >= 0.3 is 24.7 Å². The van der Waals surface area contributed by atoms with E-state index in [-0.39, 0.29) is 6.08 Å². The maximum Gasteiger partial charge on any atom is 0.409 e. The quantitative estimate of drug-likeness (QED) is 0.347. The van der Waals surface area contributed by atoms with Crippen LogP contribution in [0.4, 0.5) is 61.5 Å².